The van der Waals surface area contributed by atoms with E-state index in [9.17, 15) is 9.59 Å². The van der Waals surface area contributed by atoms with Crippen LogP contribution >= 0.6 is 0 Å². The molecule has 0 atom stereocenters. The zero-order chi connectivity index (χ0) is 25.9. The first-order valence-electron chi connectivity index (χ1n) is 13.8. The molecule has 5 rings (SSSR count). The molecule has 0 saturated carbocycles. The van der Waals surface area contributed by atoms with Crippen LogP contribution in [0.5, 0.6) is 11.5 Å². The number of ether oxygens (including phenoxy) is 2. The van der Waals surface area contributed by atoms with Crippen LogP contribution in [0.3, 0.4) is 0 Å². The third kappa shape index (κ3) is 4.96. The lowest BCUT2D eigenvalue weighted by Gasteiger charge is -2.44. The van der Waals surface area contributed by atoms with E-state index in [1.165, 1.54) is 5.56 Å². The van der Waals surface area contributed by atoms with E-state index in [-0.39, 0.29) is 17.5 Å². The fourth-order valence-electron chi connectivity index (χ4n) is 5.98. The quantitative estimate of drug-likeness (QED) is 0.400. The molecule has 2 aliphatic carbocycles. The van der Waals surface area contributed by atoms with Crippen LogP contribution in [0.1, 0.15) is 81.4 Å². The molecule has 194 valence electrons. The molecule has 1 aliphatic heterocycles. The van der Waals surface area contributed by atoms with Crippen molar-refractivity contribution in [3.05, 3.63) is 81.7 Å². The Balaban J connectivity index is 1.56. The van der Waals surface area contributed by atoms with E-state index < -0.39 is 0 Å². The Morgan fingerprint density at radius 2 is 1.46 bits per heavy atom. The topological polar surface area (TPSA) is 55.8 Å². The fourth-order valence-corrected chi connectivity index (χ4v) is 5.98. The highest BCUT2D eigenvalue weighted by molar-refractivity contribution is 6.06. The number of hydrogen-bond acceptors (Lipinski definition) is 5. The van der Waals surface area contributed by atoms with Gasteiger partial charge in [0.2, 0.25) is 0 Å². The highest BCUT2D eigenvalue weighted by Crippen LogP contribution is 2.50. The predicted octanol–water partition coefficient (Wildman–Crippen LogP) is 6.80. The van der Waals surface area contributed by atoms with E-state index in [1.807, 2.05) is 25.1 Å². The van der Waals surface area contributed by atoms with Crippen molar-refractivity contribution in [1.82, 2.24) is 4.90 Å². The highest BCUT2D eigenvalue weighted by atomic mass is 16.5. The number of Topliss-reactive ketones (excluding diaryl/α,β-unsaturated/α-hetero) is 2. The summed E-state index contributed by atoms with van der Waals surface area (Å²) in [7, 11) is 0. The average Bonchev–Trinajstić information content (AvgIpc) is 2.90. The molecule has 0 fully saturated rings. The number of carbonyl (C=O) groups excluding carboxylic acids is 2. The van der Waals surface area contributed by atoms with Gasteiger partial charge in [0.15, 0.2) is 23.1 Å². The van der Waals surface area contributed by atoms with Gasteiger partial charge in [-0.2, -0.15) is 0 Å². The number of ketones is 2. The molecule has 0 amide bonds. The highest BCUT2D eigenvalue weighted by Gasteiger charge is 2.43. The fraction of sp³-hybridized carbons (Fsp3) is 0.438. The molecule has 3 aliphatic rings. The number of rotatable bonds is 8. The van der Waals surface area contributed by atoms with Gasteiger partial charge in [-0.05, 0) is 69.2 Å². The van der Waals surface area contributed by atoms with Gasteiger partial charge in [-0.3, -0.25) is 9.59 Å². The maximum Gasteiger partial charge on any atom is 0.161 e. The van der Waals surface area contributed by atoms with Gasteiger partial charge >= 0.3 is 0 Å². The van der Waals surface area contributed by atoms with Crippen molar-refractivity contribution < 1.29 is 19.1 Å². The Hall–Kier alpha value is -3.34. The van der Waals surface area contributed by atoms with Crippen LogP contribution in [0, 0.1) is 6.92 Å². The summed E-state index contributed by atoms with van der Waals surface area (Å²) in [5.41, 5.74) is 7.15. The average molecular weight is 500 g/mol. The monoisotopic (exact) mass is 499 g/mol. The number of allylic oxidation sites excluding steroid dienone is 4. The summed E-state index contributed by atoms with van der Waals surface area (Å²) >= 11 is 0. The first-order valence-corrected chi connectivity index (χ1v) is 13.8. The second-order valence-corrected chi connectivity index (χ2v) is 10.3. The third-order valence-corrected chi connectivity index (χ3v) is 7.65. The Kier molecular flexibility index (Phi) is 7.50. The normalized spacial score (nSPS) is 18.2. The van der Waals surface area contributed by atoms with Gasteiger partial charge in [0, 0.05) is 47.8 Å². The summed E-state index contributed by atoms with van der Waals surface area (Å²) in [5, 5.41) is 0. The van der Waals surface area contributed by atoms with Gasteiger partial charge in [0.05, 0.1) is 6.61 Å². The first-order chi connectivity index (χ1) is 18.0. The minimum absolute atomic E-state index is 0.176. The van der Waals surface area contributed by atoms with Gasteiger partial charge < -0.3 is 14.4 Å². The number of carbonyl (C=O) groups is 2. The molecule has 2 aromatic carbocycles. The van der Waals surface area contributed by atoms with E-state index in [1.54, 1.807) is 0 Å². The van der Waals surface area contributed by atoms with Crippen LogP contribution in [0.2, 0.25) is 0 Å². The number of nitrogens with zero attached hydrogens (tertiary/aromatic N) is 1. The molecule has 0 saturated heterocycles. The van der Waals surface area contributed by atoms with E-state index >= 15 is 0 Å². The molecule has 0 bridgehead atoms. The van der Waals surface area contributed by atoms with Crippen LogP contribution in [0.4, 0.5) is 0 Å². The molecule has 1 heterocycles. The Morgan fingerprint density at radius 1 is 0.811 bits per heavy atom. The second-order valence-electron chi connectivity index (χ2n) is 10.3. The maximum atomic E-state index is 13.4. The minimum Gasteiger partial charge on any atom is -0.490 e. The van der Waals surface area contributed by atoms with Crippen LogP contribution in [0.15, 0.2) is 65.0 Å². The molecule has 0 spiro atoms. The summed E-state index contributed by atoms with van der Waals surface area (Å²) in [6, 6.07) is 14.2. The molecule has 2 aromatic rings. The first kappa shape index (κ1) is 25.3. The van der Waals surface area contributed by atoms with Crippen LogP contribution in [0.25, 0.3) is 0 Å². The van der Waals surface area contributed by atoms with Crippen LogP contribution in [-0.2, 0) is 16.2 Å². The Bertz CT molecular complexity index is 1210. The zero-order valence-corrected chi connectivity index (χ0v) is 22.3. The molecule has 0 radical (unpaired) electrons. The molecular formula is C32H37NO4. The molecular weight excluding hydrogens is 462 g/mol. The lowest BCUT2D eigenvalue weighted by molar-refractivity contribution is -0.117. The number of aryl methyl sites for hydroxylation is 1. The van der Waals surface area contributed by atoms with Crippen LogP contribution < -0.4 is 9.47 Å². The molecule has 0 unspecified atom stereocenters. The van der Waals surface area contributed by atoms with Crippen molar-refractivity contribution in [2.75, 3.05) is 13.2 Å². The SMILES string of the molecule is CCCN1C2=C(C(=O)CCC2)C(c2ccc(OCc3ccc(C)cc3)c(OCC)c2)C2=C1CCCC2=O. The van der Waals surface area contributed by atoms with Crippen molar-refractivity contribution in [2.24, 2.45) is 0 Å². The molecule has 0 N–H and O–H groups in total. The van der Waals surface area contributed by atoms with E-state index in [0.29, 0.717) is 37.6 Å². The van der Waals surface area contributed by atoms with E-state index in [4.69, 9.17) is 9.47 Å². The lowest BCUT2D eigenvalue weighted by atomic mass is 9.71. The maximum absolute atomic E-state index is 13.4. The molecule has 5 heteroatoms. The predicted molar refractivity (Wildman–Crippen MR) is 145 cm³/mol. The number of hydrogen-bond donors (Lipinski definition) is 0. The summed E-state index contributed by atoms with van der Waals surface area (Å²) in [6.45, 7) is 7.97. The standard InChI is InChI=1S/C32H37NO4/c1-4-18-33-24-8-6-10-26(34)31(24)30(32-25(33)9-7-11-27(32)35)23-16-17-28(29(19-23)36-5-2)37-20-22-14-12-21(3)13-15-22/h12-17,19,30H,4-11,18,20H2,1-3H3. The van der Waals surface area contributed by atoms with Crippen molar-refractivity contribution >= 4 is 11.6 Å². The van der Waals surface area contributed by atoms with E-state index in [0.717, 1.165) is 72.3 Å². The minimum atomic E-state index is -0.330. The van der Waals surface area contributed by atoms with Gasteiger partial charge in [-0.15, -0.1) is 0 Å². The van der Waals surface area contributed by atoms with Crippen LogP contribution in [-0.4, -0.2) is 29.6 Å². The van der Waals surface area contributed by atoms with E-state index in [2.05, 4.69) is 43.0 Å². The molecule has 0 aromatic heterocycles. The van der Waals surface area contributed by atoms with Crippen molar-refractivity contribution in [3.63, 3.8) is 0 Å². The van der Waals surface area contributed by atoms with Gasteiger partial charge in [0.25, 0.3) is 0 Å². The smallest absolute Gasteiger partial charge is 0.161 e. The van der Waals surface area contributed by atoms with Crippen molar-refractivity contribution in [3.8, 4) is 11.5 Å². The summed E-state index contributed by atoms with van der Waals surface area (Å²) < 4.78 is 12.2. The molecule has 37 heavy (non-hydrogen) atoms. The van der Waals surface area contributed by atoms with Gasteiger partial charge in [-0.25, -0.2) is 0 Å². The third-order valence-electron chi connectivity index (χ3n) is 7.65. The van der Waals surface area contributed by atoms with Crippen molar-refractivity contribution in [2.45, 2.75) is 78.2 Å². The van der Waals surface area contributed by atoms with Gasteiger partial charge in [0.1, 0.15) is 6.61 Å². The lowest BCUT2D eigenvalue weighted by Crippen LogP contribution is -2.39. The Labute approximate surface area is 220 Å². The van der Waals surface area contributed by atoms with Crippen molar-refractivity contribution in [1.29, 1.82) is 0 Å². The van der Waals surface area contributed by atoms with Gasteiger partial charge in [-0.1, -0.05) is 42.8 Å². The number of benzene rings is 2. The summed E-state index contributed by atoms with van der Waals surface area (Å²) in [5.74, 6) is 1.34. The summed E-state index contributed by atoms with van der Waals surface area (Å²) in [6.07, 6.45) is 5.58. The molecule has 5 nitrogen and oxygen atoms in total. The summed E-state index contributed by atoms with van der Waals surface area (Å²) in [4.78, 5) is 29.2. The second kappa shape index (κ2) is 11.0. The Morgan fingerprint density at radius 3 is 2.05 bits per heavy atom. The largest absolute Gasteiger partial charge is 0.490 e. The zero-order valence-electron chi connectivity index (χ0n) is 22.3.